The summed E-state index contributed by atoms with van der Waals surface area (Å²) in [5.41, 5.74) is 4.42. The van der Waals surface area contributed by atoms with E-state index in [4.69, 9.17) is 5.84 Å². The van der Waals surface area contributed by atoms with Crippen molar-refractivity contribution in [2.24, 2.45) is 5.84 Å². The molecule has 0 fully saturated rings. The molecular formula is C12H15N3O. The second-order valence-corrected chi connectivity index (χ2v) is 3.97. The lowest BCUT2D eigenvalue weighted by Crippen LogP contribution is -2.35. The van der Waals surface area contributed by atoms with Gasteiger partial charge < -0.3 is 4.57 Å². The summed E-state index contributed by atoms with van der Waals surface area (Å²) in [6, 6.07) is 7.85. The van der Waals surface area contributed by atoms with Gasteiger partial charge in [-0.2, -0.15) is 0 Å². The highest BCUT2D eigenvalue weighted by Gasteiger charge is 2.14. The molecule has 0 saturated heterocycles. The number of hydrogen-bond acceptors (Lipinski definition) is 2. The Morgan fingerprint density at radius 2 is 2.19 bits per heavy atom. The minimum absolute atomic E-state index is 0.196. The molecule has 0 spiro atoms. The smallest absolute Gasteiger partial charge is 0.256 e. The SMILES string of the molecule is Cc1ccc2c(ccn2C(C)C(=O)NN)c1. The van der Waals surface area contributed by atoms with Crippen LogP contribution in [0.3, 0.4) is 0 Å². The fourth-order valence-electron chi connectivity index (χ4n) is 1.87. The van der Waals surface area contributed by atoms with Crippen LogP contribution in [0.15, 0.2) is 30.5 Å². The molecule has 0 aliphatic carbocycles. The average Bonchev–Trinajstić information content (AvgIpc) is 2.69. The van der Waals surface area contributed by atoms with Gasteiger partial charge in [0.05, 0.1) is 0 Å². The van der Waals surface area contributed by atoms with E-state index in [1.807, 2.05) is 42.8 Å². The molecule has 4 nitrogen and oxygen atoms in total. The lowest BCUT2D eigenvalue weighted by molar-refractivity contribution is -0.123. The number of fused-ring (bicyclic) bond motifs is 1. The molecule has 1 aromatic carbocycles. The quantitative estimate of drug-likeness (QED) is 0.455. The van der Waals surface area contributed by atoms with Crippen LogP contribution in [0.4, 0.5) is 0 Å². The molecular weight excluding hydrogens is 202 g/mol. The van der Waals surface area contributed by atoms with Crippen LogP contribution in [0.1, 0.15) is 18.5 Å². The zero-order valence-corrected chi connectivity index (χ0v) is 9.40. The summed E-state index contributed by atoms with van der Waals surface area (Å²) in [6.45, 7) is 3.87. The van der Waals surface area contributed by atoms with Crippen molar-refractivity contribution in [3.05, 3.63) is 36.0 Å². The molecule has 84 valence electrons. The lowest BCUT2D eigenvalue weighted by Gasteiger charge is -2.13. The molecule has 4 heteroatoms. The van der Waals surface area contributed by atoms with E-state index in [1.54, 1.807) is 0 Å². The minimum atomic E-state index is -0.301. The summed E-state index contributed by atoms with van der Waals surface area (Å²) >= 11 is 0. The second-order valence-electron chi connectivity index (χ2n) is 3.97. The highest BCUT2D eigenvalue weighted by molar-refractivity contribution is 5.85. The van der Waals surface area contributed by atoms with Crippen LogP contribution >= 0.6 is 0 Å². The third-order valence-electron chi connectivity index (χ3n) is 2.81. The van der Waals surface area contributed by atoms with Gasteiger partial charge in [0.1, 0.15) is 6.04 Å². The number of aryl methyl sites for hydroxylation is 1. The second kappa shape index (κ2) is 3.98. The van der Waals surface area contributed by atoms with Crippen molar-refractivity contribution in [2.75, 3.05) is 0 Å². The van der Waals surface area contributed by atoms with Crippen LogP contribution in [0, 0.1) is 6.92 Å². The lowest BCUT2D eigenvalue weighted by atomic mass is 10.2. The van der Waals surface area contributed by atoms with Crippen molar-refractivity contribution < 1.29 is 4.79 Å². The van der Waals surface area contributed by atoms with Crippen LogP contribution in [-0.2, 0) is 4.79 Å². The van der Waals surface area contributed by atoms with Crippen molar-refractivity contribution >= 4 is 16.8 Å². The number of rotatable bonds is 2. The van der Waals surface area contributed by atoms with E-state index in [9.17, 15) is 4.79 Å². The molecule has 3 N–H and O–H groups in total. The monoisotopic (exact) mass is 217 g/mol. The van der Waals surface area contributed by atoms with Gasteiger partial charge in [-0.05, 0) is 37.4 Å². The Labute approximate surface area is 94.0 Å². The Balaban J connectivity index is 2.50. The number of hydrazine groups is 1. The minimum Gasteiger partial charge on any atom is -0.335 e. The predicted molar refractivity (Wildman–Crippen MR) is 63.7 cm³/mol. The van der Waals surface area contributed by atoms with Crippen molar-refractivity contribution in [3.8, 4) is 0 Å². The van der Waals surface area contributed by atoms with E-state index in [0.717, 1.165) is 10.9 Å². The number of carbonyl (C=O) groups is 1. The van der Waals surface area contributed by atoms with Gasteiger partial charge in [-0.25, -0.2) is 5.84 Å². The van der Waals surface area contributed by atoms with Gasteiger partial charge in [0.2, 0.25) is 0 Å². The first-order valence-electron chi connectivity index (χ1n) is 5.21. The topological polar surface area (TPSA) is 60.0 Å². The Bertz CT molecular complexity index is 530. The van der Waals surface area contributed by atoms with Gasteiger partial charge in [0.25, 0.3) is 5.91 Å². The third kappa shape index (κ3) is 1.67. The van der Waals surface area contributed by atoms with Crippen molar-refractivity contribution in [1.82, 2.24) is 9.99 Å². The van der Waals surface area contributed by atoms with E-state index in [0.29, 0.717) is 0 Å². The standard InChI is InChI=1S/C12H15N3O/c1-8-3-4-11-10(7-8)5-6-15(11)9(2)12(16)14-13/h3-7,9H,13H2,1-2H3,(H,14,16). The number of amides is 1. The third-order valence-corrected chi connectivity index (χ3v) is 2.81. The molecule has 1 amide bonds. The Kier molecular flexibility index (Phi) is 2.66. The van der Waals surface area contributed by atoms with Gasteiger partial charge >= 0.3 is 0 Å². The van der Waals surface area contributed by atoms with E-state index < -0.39 is 0 Å². The molecule has 1 aromatic heterocycles. The summed E-state index contributed by atoms with van der Waals surface area (Å²) in [7, 11) is 0. The van der Waals surface area contributed by atoms with Gasteiger partial charge in [0, 0.05) is 11.7 Å². The summed E-state index contributed by atoms with van der Waals surface area (Å²) in [5.74, 6) is 4.94. The van der Waals surface area contributed by atoms with Crippen LogP contribution in [-0.4, -0.2) is 10.5 Å². The predicted octanol–water partition coefficient (Wildman–Crippen LogP) is 1.50. The highest BCUT2D eigenvalue weighted by Crippen LogP contribution is 2.21. The van der Waals surface area contributed by atoms with Gasteiger partial charge in [-0.3, -0.25) is 10.2 Å². The number of carbonyl (C=O) groups excluding carboxylic acids is 1. The number of hydrogen-bond donors (Lipinski definition) is 2. The van der Waals surface area contributed by atoms with Gasteiger partial charge in [-0.15, -0.1) is 0 Å². The van der Waals surface area contributed by atoms with Crippen LogP contribution < -0.4 is 11.3 Å². The van der Waals surface area contributed by atoms with E-state index in [2.05, 4.69) is 11.5 Å². The average molecular weight is 217 g/mol. The van der Waals surface area contributed by atoms with Crippen LogP contribution in [0.25, 0.3) is 10.9 Å². The maximum atomic E-state index is 11.5. The fourth-order valence-corrected chi connectivity index (χ4v) is 1.87. The molecule has 0 saturated carbocycles. The zero-order valence-electron chi connectivity index (χ0n) is 9.40. The van der Waals surface area contributed by atoms with Crippen molar-refractivity contribution in [3.63, 3.8) is 0 Å². The number of nitrogens with one attached hydrogen (secondary N) is 1. The molecule has 16 heavy (non-hydrogen) atoms. The first-order chi connectivity index (χ1) is 7.63. The normalized spacial score (nSPS) is 12.7. The molecule has 0 radical (unpaired) electrons. The van der Waals surface area contributed by atoms with Crippen LogP contribution in [0.5, 0.6) is 0 Å². The Hall–Kier alpha value is -1.81. The molecule has 0 bridgehead atoms. The molecule has 2 rings (SSSR count). The maximum Gasteiger partial charge on any atom is 0.256 e. The van der Waals surface area contributed by atoms with E-state index in [-0.39, 0.29) is 11.9 Å². The summed E-state index contributed by atoms with van der Waals surface area (Å²) in [4.78, 5) is 11.5. The number of benzene rings is 1. The first kappa shape index (κ1) is 10.7. The number of nitrogens with two attached hydrogens (primary N) is 1. The summed E-state index contributed by atoms with van der Waals surface area (Å²) in [5, 5.41) is 1.14. The first-order valence-corrected chi connectivity index (χ1v) is 5.21. The van der Waals surface area contributed by atoms with Crippen molar-refractivity contribution in [1.29, 1.82) is 0 Å². The Morgan fingerprint density at radius 3 is 2.88 bits per heavy atom. The fraction of sp³-hybridized carbons (Fsp3) is 0.250. The van der Waals surface area contributed by atoms with Gasteiger partial charge in [-0.1, -0.05) is 11.6 Å². The summed E-state index contributed by atoms with van der Waals surface area (Å²) in [6.07, 6.45) is 1.91. The zero-order chi connectivity index (χ0) is 11.7. The van der Waals surface area contributed by atoms with E-state index >= 15 is 0 Å². The summed E-state index contributed by atoms with van der Waals surface area (Å²) < 4.78 is 1.91. The maximum absolute atomic E-state index is 11.5. The molecule has 0 aliphatic rings. The Morgan fingerprint density at radius 1 is 1.44 bits per heavy atom. The molecule has 2 aromatic rings. The highest BCUT2D eigenvalue weighted by atomic mass is 16.2. The van der Waals surface area contributed by atoms with E-state index in [1.165, 1.54) is 5.56 Å². The molecule has 0 aliphatic heterocycles. The number of aromatic nitrogens is 1. The van der Waals surface area contributed by atoms with Gasteiger partial charge in [0.15, 0.2) is 0 Å². The van der Waals surface area contributed by atoms with Crippen molar-refractivity contribution in [2.45, 2.75) is 19.9 Å². The molecule has 1 heterocycles. The number of nitrogens with zero attached hydrogens (tertiary/aromatic N) is 1. The largest absolute Gasteiger partial charge is 0.335 e. The molecule has 1 unspecified atom stereocenters. The van der Waals surface area contributed by atoms with Crippen LogP contribution in [0.2, 0.25) is 0 Å². The molecule has 1 atom stereocenters.